The van der Waals surface area contributed by atoms with Crippen LogP contribution in [0.3, 0.4) is 0 Å². The van der Waals surface area contributed by atoms with Gasteiger partial charge in [-0.25, -0.2) is 0 Å². The Bertz CT molecular complexity index is 317. The zero-order valence-corrected chi connectivity index (χ0v) is 8.38. The van der Waals surface area contributed by atoms with Crippen molar-refractivity contribution in [2.75, 3.05) is 31.3 Å². The molecule has 0 atom stereocenters. The summed E-state index contributed by atoms with van der Waals surface area (Å²) in [4.78, 5) is 0. The lowest BCUT2D eigenvalue weighted by Crippen LogP contribution is -2.15. The number of benzene rings is 1. The van der Waals surface area contributed by atoms with Crippen LogP contribution in [-0.4, -0.2) is 30.7 Å². The molecule has 6 nitrogen and oxygen atoms in total. The first-order valence-corrected chi connectivity index (χ1v) is 4.35. The minimum atomic E-state index is -0.0581. The summed E-state index contributed by atoms with van der Waals surface area (Å²) < 4.78 is 10.1. The standard InChI is InChI=1S/C9H14N2O4/c1-14-5-6-15-8-4-2-3-7(10)9(8)11(12)13/h2-4,12-13H,5-6,10H2,1H3. The van der Waals surface area contributed by atoms with Crippen molar-refractivity contribution in [2.24, 2.45) is 0 Å². The highest BCUT2D eigenvalue weighted by Crippen LogP contribution is 2.32. The van der Waals surface area contributed by atoms with Crippen molar-refractivity contribution in [3.63, 3.8) is 0 Å². The molecule has 0 saturated heterocycles. The van der Waals surface area contributed by atoms with Crippen molar-refractivity contribution in [1.82, 2.24) is 0 Å². The Kier molecular flexibility index (Phi) is 4.17. The Morgan fingerprint density at radius 2 is 2.07 bits per heavy atom. The average Bonchev–Trinajstić information content (AvgIpc) is 2.17. The van der Waals surface area contributed by atoms with Gasteiger partial charge >= 0.3 is 0 Å². The van der Waals surface area contributed by atoms with Crippen molar-refractivity contribution in [1.29, 1.82) is 0 Å². The molecule has 0 aromatic heterocycles. The number of rotatable bonds is 5. The molecular weight excluding hydrogens is 200 g/mol. The van der Waals surface area contributed by atoms with Gasteiger partial charge in [-0.2, -0.15) is 0 Å². The number of nitrogen functional groups attached to an aromatic ring is 1. The van der Waals surface area contributed by atoms with Crippen LogP contribution in [0.5, 0.6) is 5.75 Å². The maximum Gasteiger partial charge on any atom is 0.159 e. The fraction of sp³-hybridized carbons (Fsp3) is 0.333. The van der Waals surface area contributed by atoms with Gasteiger partial charge in [0.1, 0.15) is 12.4 Å². The van der Waals surface area contributed by atoms with E-state index in [1.54, 1.807) is 19.2 Å². The molecular formula is C9H14N2O4. The number of hydrogen-bond acceptors (Lipinski definition) is 6. The third-order valence-corrected chi connectivity index (χ3v) is 1.78. The van der Waals surface area contributed by atoms with Crippen LogP contribution in [0, 0.1) is 0 Å². The van der Waals surface area contributed by atoms with Crippen molar-refractivity contribution in [3.05, 3.63) is 18.2 Å². The SMILES string of the molecule is COCCOc1cccc(N)c1N(O)O. The van der Waals surface area contributed by atoms with E-state index < -0.39 is 0 Å². The molecule has 1 aromatic carbocycles. The maximum absolute atomic E-state index is 8.94. The molecule has 0 radical (unpaired) electrons. The first-order valence-electron chi connectivity index (χ1n) is 4.35. The third kappa shape index (κ3) is 2.98. The predicted octanol–water partition coefficient (Wildman–Crippen LogP) is 0.879. The number of para-hydroxylation sites is 1. The molecule has 0 amide bonds. The molecule has 15 heavy (non-hydrogen) atoms. The second-order valence-electron chi connectivity index (χ2n) is 2.82. The number of anilines is 2. The van der Waals surface area contributed by atoms with Crippen LogP contribution in [0.4, 0.5) is 11.4 Å². The van der Waals surface area contributed by atoms with Gasteiger partial charge in [0, 0.05) is 7.11 Å². The summed E-state index contributed by atoms with van der Waals surface area (Å²) in [5, 5.41) is 17.8. The number of nitrogens with zero attached hydrogens (tertiary/aromatic N) is 1. The number of nitrogens with two attached hydrogens (primary N) is 1. The Labute approximate surface area is 87.3 Å². The monoisotopic (exact) mass is 214 g/mol. The first-order chi connectivity index (χ1) is 7.16. The zero-order chi connectivity index (χ0) is 11.3. The lowest BCUT2D eigenvalue weighted by molar-refractivity contribution is 0.0276. The van der Waals surface area contributed by atoms with Crippen molar-refractivity contribution < 1.29 is 19.9 Å². The fourth-order valence-corrected chi connectivity index (χ4v) is 1.10. The zero-order valence-electron chi connectivity index (χ0n) is 8.38. The summed E-state index contributed by atoms with van der Waals surface area (Å²) in [5.41, 5.74) is 5.79. The minimum absolute atomic E-state index is 0.0219. The van der Waals surface area contributed by atoms with Crippen LogP contribution in [0.1, 0.15) is 0 Å². The van der Waals surface area contributed by atoms with E-state index in [2.05, 4.69) is 0 Å². The average molecular weight is 214 g/mol. The smallest absolute Gasteiger partial charge is 0.159 e. The van der Waals surface area contributed by atoms with Crippen LogP contribution in [0.2, 0.25) is 0 Å². The quantitative estimate of drug-likeness (QED) is 0.383. The van der Waals surface area contributed by atoms with E-state index in [4.69, 9.17) is 25.6 Å². The van der Waals surface area contributed by atoms with E-state index in [0.717, 1.165) is 0 Å². The lowest BCUT2D eigenvalue weighted by Gasteiger charge is -2.16. The topological polar surface area (TPSA) is 88.2 Å². The normalized spacial score (nSPS) is 10.1. The Hall–Kier alpha value is -1.50. The van der Waals surface area contributed by atoms with E-state index in [1.165, 1.54) is 6.07 Å². The molecule has 0 spiro atoms. The molecule has 0 aliphatic carbocycles. The van der Waals surface area contributed by atoms with Gasteiger partial charge in [-0.1, -0.05) is 6.07 Å². The minimum Gasteiger partial charge on any atom is -0.489 e. The summed E-state index contributed by atoms with van der Waals surface area (Å²) in [6.07, 6.45) is 0. The summed E-state index contributed by atoms with van der Waals surface area (Å²) >= 11 is 0. The van der Waals surface area contributed by atoms with Gasteiger partial charge in [0.15, 0.2) is 5.69 Å². The predicted molar refractivity (Wildman–Crippen MR) is 54.3 cm³/mol. The number of hydrogen-bond donors (Lipinski definition) is 3. The van der Waals surface area contributed by atoms with Gasteiger partial charge < -0.3 is 15.2 Å². The molecule has 0 heterocycles. The molecule has 0 saturated carbocycles. The molecule has 1 rings (SSSR count). The highest BCUT2D eigenvalue weighted by atomic mass is 16.8. The van der Waals surface area contributed by atoms with E-state index in [9.17, 15) is 0 Å². The number of methoxy groups -OCH3 is 1. The highest BCUT2D eigenvalue weighted by molar-refractivity contribution is 5.72. The first kappa shape index (κ1) is 11.6. The second kappa shape index (κ2) is 5.40. The maximum atomic E-state index is 8.94. The van der Waals surface area contributed by atoms with E-state index >= 15 is 0 Å². The van der Waals surface area contributed by atoms with Gasteiger partial charge in [-0.05, 0) is 12.1 Å². The van der Waals surface area contributed by atoms with Crippen LogP contribution >= 0.6 is 0 Å². The summed E-state index contributed by atoms with van der Waals surface area (Å²) in [6, 6.07) is 4.78. The molecule has 4 N–H and O–H groups in total. The molecule has 84 valence electrons. The van der Waals surface area contributed by atoms with Crippen LogP contribution in [-0.2, 0) is 4.74 Å². The molecule has 6 heteroatoms. The highest BCUT2D eigenvalue weighted by Gasteiger charge is 2.12. The van der Waals surface area contributed by atoms with E-state index in [-0.39, 0.29) is 22.4 Å². The van der Waals surface area contributed by atoms with Crippen molar-refractivity contribution >= 4 is 11.4 Å². The molecule has 0 fully saturated rings. The van der Waals surface area contributed by atoms with Crippen molar-refractivity contribution in [2.45, 2.75) is 0 Å². The van der Waals surface area contributed by atoms with Gasteiger partial charge in [0.05, 0.1) is 12.3 Å². The van der Waals surface area contributed by atoms with Gasteiger partial charge in [0.25, 0.3) is 0 Å². The second-order valence-corrected chi connectivity index (χ2v) is 2.82. The van der Waals surface area contributed by atoms with Gasteiger partial charge in [-0.15, -0.1) is 5.23 Å². The number of ether oxygens (including phenoxy) is 2. The van der Waals surface area contributed by atoms with E-state index in [0.29, 0.717) is 13.2 Å². The summed E-state index contributed by atoms with van der Waals surface area (Å²) in [5.74, 6) is 0.289. The molecule has 0 unspecified atom stereocenters. The van der Waals surface area contributed by atoms with Gasteiger partial charge in [0.2, 0.25) is 0 Å². The summed E-state index contributed by atoms with van der Waals surface area (Å²) in [6.45, 7) is 0.714. The molecule has 1 aromatic rings. The Balaban J connectivity index is 2.81. The van der Waals surface area contributed by atoms with Crippen LogP contribution in [0.15, 0.2) is 18.2 Å². The summed E-state index contributed by atoms with van der Waals surface area (Å²) in [7, 11) is 1.55. The van der Waals surface area contributed by atoms with Crippen LogP contribution < -0.4 is 15.7 Å². The Morgan fingerprint density at radius 3 is 2.67 bits per heavy atom. The van der Waals surface area contributed by atoms with Crippen molar-refractivity contribution in [3.8, 4) is 5.75 Å². The molecule has 0 aliphatic rings. The molecule has 0 aliphatic heterocycles. The third-order valence-electron chi connectivity index (χ3n) is 1.78. The van der Waals surface area contributed by atoms with E-state index in [1.807, 2.05) is 0 Å². The van der Waals surface area contributed by atoms with Gasteiger partial charge in [-0.3, -0.25) is 10.4 Å². The lowest BCUT2D eigenvalue weighted by atomic mass is 10.2. The fourth-order valence-electron chi connectivity index (χ4n) is 1.10. The molecule has 0 bridgehead atoms. The van der Waals surface area contributed by atoms with Crippen LogP contribution in [0.25, 0.3) is 0 Å². The largest absolute Gasteiger partial charge is 0.489 e. The Morgan fingerprint density at radius 1 is 1.33 bits per heavy atom.